The van der Waals surface area contributed by atoms with Crippen LogP contribution in [0.5, 0.6) is 0 Å². The van der Waals surface area contributed by atoms with Crippen LogP contribution in [0.1, 0.15) is 19.3 Å². The summed E-state index contributed by atoms with van der Waals surface area (Å²) in [6, 6.07) is 0. The molecule has 5 nitrogen and oxygen atoms in total. The number of carbonyl (C=O) groups is 1. The number of hydrogen-bond acceptors (Lipinski definition) is 4. The third-order valence-corrected chi connectivity index (χ3v) is 3.48. The first-order valence-electron chi connectivity index (χ1n) is 6.18. The van der Waals surface area contributed by atoms with Crippen molar-refractivity contribution in [2.45, 2.75) is 19.3 Å². The minimum absolute atomic E-state index is 0.152. The van der Waals surface area contributed by atoms with Gasteiger partial charge < -0.3 is 20.1 Å². The van der Waals surface area contributed by atoms with Gasteiger partial charge in [-0.05, 0) is 19.3 Å². The van der Waals surface area contributed by atoms with Gasteiger partial charge in [-0.3, -0.25) is 4.79 Å². The lowest BCUT2D eigenvalue weighted by molar-refractivity contribution is -0.145. The molecule has 1 amide bonds. The average molecular weight is 244 g/mol. The van der Waals surface area contributed by atoms with Gasteiger partial charge in [-0.15, -0.1) is 0 Å². The SMILES string of the molecule is COCCCN(C)C(=O)C1(CN)CCOCC1. The smallest absolute Gasteiger partial charge is 0.229 e. The summed E-state index contributed by atoms with van der Waals surface area (Å²) >= 11 is 0. The Balaban J connectivity index is 2.52. The molecule has 0 aromatic carbocycles. The highest BCUT2D eigenvalue weighted by molar-refractivity contribution is 5.82. The van der Waals surface area contributed by atoms with Crippen LogP contribution in [0.15, 0.2) is 0 Å². The average Bonchev–Trinajstić information content (AvgIpc) is 2.38. The highest BCUT2D eigenvalue weighted by Gasteiger charge is 2.40. The lowest BCUT2D eigenvalue weighted by Gasteiger charge is -2.37. The molecule has 0 aromatic rings. The summed E-state index contributed by atoms with van der Waals surface area (Å²) in [5.74, 6) is 0.152. The lowest BCUT2D eigenvalue weighted by atomic mass is 9.79. The number of amides is 1. The first-order chi connectivity index (χ1) is 8.16. The van der Waals surface area contributed by atoms with Crippen molar-refractivity contribution in [1.82, 2.24) is 4.90 Å². The number of nitrogens with zero attached hydrogens (tertiary/aromatic N) is 1. The number of carbonyl (C=O) groups excluding carboxylic acids is 1. The van der Waals surface area contributed by atoms with E-state index in [1.807, 2.05) is 7.05 Å². The van der Waals surface area contributed by atoms with Crippen LogP contribution in [0.2, 0.25) is 0 Å². The fourth-order valence-electron chi connectivity index (χ4n) is 2.22. The Morgan fingerprint density at radius 2 is 2.12 bits per heavy atom. The number of methoxy groups -OCH3 is 1. The Morgan fingerprint density at radius 3 is 2.65 bits per heavy atom. The van der Waals surface area contributed by atoms with E-state index in [4.69, 9.17) is 15.2 Å². The zero-order valence-corrected chi connectivity index (χ0v) is 10.9. The van der Waals surface area contributed by atoms with Gasteiger partial charge in [0.05, 0.1) is 5.41 Å². The predicted molar refractivity (Wildman–Crippen MR) is 65.7 cm³/mol. The zero-order valence-electron chi connectivity index (χ0n) is 10.9. The van der Waals surface area contributed by atoms with E-state index in [-0.39, 0.29) is 5.91 Å². The van der Waals surface area contributed by atoms with E-state index < -0.39 is 5.41 Å². The number of nitrogens with two attached hydrogens (primary N) is 1. The molecule has 1 fully saturated rings. The molecule has 1 rings (SSSR count). The van der Waals surface area contributed by atoms with E-state index in [0.29, 0.717) is 26.4 Å². The van der Waals surface area contributed by atoms with Crippen molar-refractivity contribution in [2.75, 3.05) is 47.1 Å². The Kier molecular flexibility index (Phi) is 5.88. The van der Waals surface area contributed by atoms with Crippen LogP contribution in [-0.2, 0) is 14.3 Å². The summed E-state index contributed by atoms with van der Waals surface area (Å²) in [7, 11) is 3.51. The van der Waals surface area contributed by atoms with Gasteiger partial charge in [0.25, 0.3) is 0 Å². The van der Waals surface area contributed by atoms with Crippen LogP contribution >= 0.6 is 0 Å². The fraction of sp³-hybridized carbons (Fsp3) is 0.917. The summed E-state index contributed by atoms with van der Waals surface area (Å²) < 4.78 is 10.3. The van der Waals surface area contributed by atoms with Crippen LogP contribution in [0.3, 0.4) is 0 Å². The molecular weight excluding hydrogens is 220 g/mol. The highest BCUT2D eigenvalue weighted by atomic mass is 16.5. The maximum atomic E-state index is 12.4. The second kappa shape index (κ2) is 6.93. The van der Waals surface area contributed by atoms with Crippen LogP contribution in [0.25, 0.3) is 0 Å². The topological polar surface area (TPSA) is 64.8 Å². The molecule has 0 aliphatic carbocycles. The van der Waals surface area contributed by atoms with Gasteiger partial charge in [-0.1, -0.05) is 0 Å². The molecule has 0 bridgehead atoms. The minimum Gasteiger partial charge on any atom is -0.385 e. The number of hydrogen-bond donors (Lipinski definition) is 1. The first-order valence-corrected chi connectivity index (χ1v) is 6.18. The van der Waals surface area contributed by atoms with E-state index in [1.54, 1.807) is 12.0 Å². The van der Waals surface area contributed by atoms with Crippen molar-refractivity contribution in [3.8, 4) is 0 Å². The second-order valence-electron chi connectivity index (χ2n) is 4.67. The molecule has 0 spiro atoms. The molecule has 1 heterocycles. The third kappa shape index (κ3) is 3.66. The molecule has 0 unspecified atom stereocenters. The van der Waals surface area contributed by atoms with E-state index in [9.17, 15) is 4.79 Å². The largest absolute Gasteiger partial charge is 0.385 e. The van der Waals surface area contributed by atoms with Crippen molar-refractivity contribution in [3.05, 3.63) is 0 Å². The molecule has 0 atom stereocenters. The number of rotatable bonds is 6. The molecule has 0 saturated carbocycles. The van der Waals surface area contributed by atoms with Crippen molar-refractivity contribution in [1.29, 1.82) is 0 Å². The summed E-state index contributed by atoms with van der Waals surface area (Å²) in [4.78, 5) is 14.2. The van der Waals surface area contributed by atoms with Crippen LogP contribution in [0.4, 0.5) is 0 Å². The molecule has 0 radical (unpaired) electrons. The van der Waals surface area contributed by atoms with Gasteiger partial charge >= 0.3 is 0 Å². The summed E-state index contributed by atoms with van der Waals surface area (Å²) in [5, 5.41) is 0. The molecule has 1 aliphatic rings. The third-order valence-electron chi connectivity index (χ3n) is 3.48. The molecule has 2 N–H and O–H groups in total. The summed E-state index contributed by atoms with van der Waals surface area (Å²) in [6.07, 6.45) is 2.32. The Morgan fingerprint density at radius 1 is 1.47 bits per heavy atom. The molecule has 100 valence electrons. The summed E-state index contributed by atoms with van der Waals surface area (Å²) in [5.41, 5.74) is 5.40. The molecular formula is C12H24N2O3. The summed E-state index contributed by atoms with van der Waals surface area (Å²) in [6.45, 7) is 3.07. The van der Waals surface area contributed by atoms with Gasteiger partial charge in [-0.2, -0.15) is 0 Å². The Labute approximate surface area is 103 Å². The molecule has 1 saturated heterocycles. The van der Waals surface area contributed by atoms with Gasteiger partial charge in [0, 0.05) is 47.1 Å². The first kappa shape index (κ1) is 14.4. The van der Waals surface area contributed by atoms with Crippen molar-refractivity contribution < 1.29 is 14.3 Å². The van der Waals surface area contributed by atoms with Crippen molar-refractivity contribution in [2.24, 2.45) is 11.1 Å². The van der Waals surface area contributed by atoms with Crippen molar-refractivity contribution >= 4 is 5.91 Å². The fourth-order valence-corrected chi connectivity index (χ4v) is 2.22. The van der Waals surface area contributed by atoms with E-state index in [2.05, 4.69) is 0 Å². The molecule has 5 heteroatoms. The zero-order chi connectivity index (χ0) is 12.7. The van der Waals surface area contributed by atoms with Gasteiger partial charge in [-0.25, -0.2) is 0 Å². The predicted octanol–water partition coefficient (Wildman–Crippen LogP) is 0.237. The maximum absolute atomic E-state index is 12.4. The van der Waals surface area contributed by atoms with Gasteiger partial charge in [0.2, 0.25) is 5.91 Å². The lowest BCUT2D eigenvalue weighted by Crippen LogP contribution is -2.50. The van der Waals surface area contributed by atoms with Gasteiger partial charge in [0.15, 0.2) is 0 Å². The van der Waals surface area contributed by atoms with Gasteiger partial charge in [0.1, 0.15) is 0 Å². The highest BCUT2D eigenvalue weighted by Crippen LogP contribution is 2.31. The standard InChI is InChI=1S/C12H24N2O3/c1-14(6-3-7-16-2)11(15)12(10-13)4-8-17-9-5-12/h3-10,13H2,1-2H3. The normalized spacial score (nSPS) is 19.0. The van der Waals surface area contributed by atoms with Crippen molar-refractivity contribution in [3.63, 3.8) is 0 Å². The van der Waals surface area contributed by atoms with Crippen LogP contribution in [0, 0.1) is 5.41 Å². The maximum Gasteiger partial charge on any atom is 0.229 e. The Hall–Kier alpha value is -0.650. The number of ether oxygens (including phenoxy) is 2. The second-order valence-corrected chi connectivity index (χ2v) is 4.67. The van der Waals surface area contributed by atoms with Crippen LogP contribution in [-0.4, -0.2) is 57.9 Å². The minimum atomic E-state index is -0.403. The molecule has 0 aromatic heterocycles. The van der Waals surface area contributed by atoms with E-state index in [0.717, 1.165) is 25.8 Å². The van der Waals surface area contributed by atoms with E-state index in [1.165, 1.54) is 0 Å². The monoisotopic (exact) mass is 244 g/mol. The van der Waals surface area contributed by atoms with Crippen LogP contribution < -0.4 is 5.73 Å². The molecule has 1 aliphatic heterocycles. The Bertz CT molecular complexity index is 240. The quantitative estimate of drug-likeness (QED) is 0.680. The van der Waals surface area contributed by atoms with E-state index >= 15 is 0 Å². The molecule has 17 heavy (non-hydrogen) atoms.